The van der Waals surface area contributed by atoms with E-state index >= 15 is 0 Å². The zero-order valence-electron chi connectivity index (χ0n) is 20.2. The third-order valence-corrected chi connectivity index (χ3v) is 6.50. The fourth-order valence-electron chi connectivity index (χ4n) is 4.78. The number of rotatable bonds is 7. The van der Waals surface area contributed by atoms with Crippen molar-refractivity contribution in [2.45, 2.75) is 19.9 Å². The van der Waals surface area contributed by atoms with Crippen LogP contribution in [0.25, 0.3) is 22.2 Å². The van der Waals surface area contributed by atoms with Crippen LogP contribution in [0.3, 0.4) is 0 Å². The van der Waals surface area contributed by atoms with Crippen LogP contribution in [0.4, 0.5) is 5.69 Å². The largest absolute Gasteiger partial charge is 0.379 e. The Morgan fingerprint density at radius 3 is 2.29 bits per heavy atom. The third-order valence-electron chi connectivity index (χ3n) is 6.50. The number of carbonyl (C=O) groups excluding carboxylic acids is 1. The Morgan fingerprint density at radius 1 is 0.914 bits per heavy atom. The highest BCUT2D eigenvalue weighted by Crippen LogP contribution is 2.33. The average Bonchev–Trinajstić information content (AvgIpc) is 2.92. The second-order valence-corrected chi connectivity index (χ2v) is 8.88. The lowest BCUT2D eigenvalue weighted by Crippen LogP contribution is -2.37. The van der Waals surface area contributed by atoms with Crippen molar-refractivity contribution in [1.29, 1.82) is 0 Å². The first-order chi connectivity index (χ1) is 17.3. The van der Waals surface area contributed by atoms with Gasteiger partial charge in [-0.3, -0.25) is 9.69 Å². The average molecular weight is 466 g/mol. The first kappa shape index (κ1) is 23.2. The van der Waals surface area contributed by atoms with Gasteiger partial charge in [0, 0.05) is 48.4 Å². The van der Waals surface area contributed by atoms with Crippen molar-refractivity contribution < 1.29 is 9.53 Å². The van der Waals surface area contributed by atoms with E-state index in [0.29, 0.717) is 26.3 Å². The van der Waals surface area contributed by atoms with Crippen molar-refractivity contribution in [2.75, 3.05) is 37.7 Å². The maximum Gasteiger partial charge on any atom is 0.259 e. The van der Waals surface area contributed by atoms with Crippen molar-refractivity contribution >= 4 is 22.5 Å². The summed E-state index contributed by atoms with van der Waals surface area (Å²) in [5, 5.41) is 0.900. The number of pyridine rings is 1. The standard InChI is InChI=1S/C30H31N3O2/c1-2-17-33(24-13-7-4-8-14-24)30(34)28-25-15-9-10-16-27(25)31-29(23-11-5-3-6-12-23)26(28)22-32-18-20-35-21-19-32/h3-16H,2,17-22H2,1H3. The van der Waals surface area contributed by atoms with Gasteiger partial charge in [0.05, 0.1) is 30.0 Å². The van der Waals surface area contributed by atoms with Crippen molar-refractivity contribution in [3.8, 4) is 11.3 Å². The number of benzene rings is 3. The SMILES string of the molecule is CCCN(C(=O)c1c(CN2CCOCC2)c(-c2ccccc2)nc2ccccc12)c1ccccc1. The summed E-state index contributed by atoms with van der Waals surface area (Å²) in [6, 6.07) is 28.2. The lowest BCUT2D eigenvalue weighted by molar-refractivity contribution is 0.0341. The number of morpholine rings is 1. The summed E-state index contributed by atoms with van der Waals surface area (Å²) in [5.74, 6) is 0.0251. The molecule has 0 saturated carbocycles. The fraction of sp³-hybridized carbons (Fsp3) is 0.267. The number of carbonyl (C=O) groups is 1. The molecule has 0 aliphatic carbocycles. The minimum absolute atomic E-state index is 0.0251. The molecular formula is C30H31N3O2. The molecule has 0 atom stereocenters. The molecule has 5 rings (SSSR count). The molecule has 0 spiro atoms. The van der Waals surface area contributed by atoms with E-state index in [1.807, 2.05) is 77.7 Å². The molecule has 1 amide bonds. The number of para-hydroxylation sites is 2. The van der Waals surface area contributed by atoms with Gasteiger partial charge in [-0.2, -0.15) is 0 Å². The van der Waals surface area contributed by atoms with Crippen molar-refractivity contribution in [3.05, 3.63) is 96.1 Å². The molecule has 3 aromatic carbocycles. The summed E-state index contributed by atoms with van der Waals surface area (Å²) in [7, 11) is 0. The van der Waals surface area contributed by atoms with Gasteiger partial charge in [0.15, 0.2) is 0 Å². The molecule has 5 heteroatoms. The number of nitrogens with zero attached hydrogens (tertiary/aromatic N) is 3. The summed E-state index contributed by atoms with van der Waals surface area (Å²) in [4.78, 5) is 23.8. The van der Waals surface area contributed by atoms with Crippen LogP contribution in [0, 0.1) is 0 Å². The second kappa shape index (κ2) is 10.8. The van der Waals surface area contributed by atoms with E-state index in [2.05, 4.69) is 24.0 Å². The summed E-state index contributed by atoms with van der Waals surface area (Å²) >= 11 is 0. The van der Waals surface area contributed by atoms with E-state index in [9.17, 15) is 4.79 Å². The van der Waals surface area contributed by atoms with Gasteiger partial charge in [-0.15, -0.1) is 0 Å². The molecule has 0 bridgehead atoms. The Balaban J connectivity index is 1.74. The van der Waals surface area contributed by atoms with Gasteiger partial charge in [-0.05, 0) is 24.6 Å². The lowest BCUT2D eigenvalue weighted by atomic mass is 9.94. The van der Waals surface area contributed by atoms with Crippen LogP contribution in [0.1, 0.15) is 29.3 Å². The van der Waals surface area contributed by atoms with Crippen LogP contribution in [0.5, 0.6) is 0 Å². The van der Waals surface area contributed by atoms with E-state index in [1.54, 1.807) is 0 Å². The molecule has 0 N–H and O–H groups in total. The number of amides is 1. The van der Waals surface area contributed by atoms with Gasteiger partial charge in [0.1, 0.15) is 0 Å². The number of hydrogen-bond acceptors (Lipinski definition) is 4. The molecule has 4 aromatic rings. The minimum Gasteiger partial charge on any atom is -0.379 e. The van der Waals surface area contributed by atoms with Crippen molar-refractivity contribution in [2.24, 2.45) is 0 Å². The van der Waals surface area contributed by atoms with Gasteiger partial charge in [-0.25, -0.2) is 4.98 Å². The maximum absolute atomic E-state index is 14.5. The molecular weight excluding hydrogens is 434 g/mol. The van der Waals surface area contributed by atoms with E-state index in [0.717, 1.165) is 58.5 Å². The Labute approximate surface area is 207 Å². The Morgan fingerprint density at radius 2 is 1.57 bits per heavy atom. The number of hydrogen-bond donors (Lipinski definition) is 0. The maximum atomic E-state index is 14.5. The van der Waals surface area contributed by atoms with E-state index in [4.69, 9.17) is 9.72 Å². The van der Waals surface area contributed by atoms with Gasteiger partial charge < -0.3 is 9.64 Å². The zero-order chi connectivity index (χ0) is 24.0. The van der Waals surface area contributed by atoms with Crippen LogP contribution in [0.15, 0.2) is 84.9 Å². The molecule has 35 heavy (non-hydrogen) atoms. The highest BCUT2D eigenvalue weighted by Gasteiger charge is 2.27. The van der Waals surface area contributed by atoms with E-state index in [-0.39, 0.29) is 5.91 Å². The molecule has 1 aliphatic rings. The van der Waals surface area contributed by atoms with Gasteiger partial charge in [0.25, 0.3) is 5.91 Å². The Kier molecular flexibility index (Phi) is 7.17. The molecule has 0 unspecified atom stereocenters. The molecule has 5 nitrogen and oxygen atoms in total. The predicted octanol–water partition coefficient (Wildman–Crippen LogP) is 5.79. The normalized spacial score (nSPS) is 14.2. The van der Waals surface area contributed by atoms with Crippen molar-refractivity contribution in [1.82, 2.24) is 9.88 Å². The smallest absolute Gasteiger partial charge is 0.259 e. The quantitative estimate of drug-likeness (QED) is 0.347. The molecule has 178 valence electrons. The minimum atomic E-state index is 0.0251. The number of aromatic nitrogens is 1. The molecule has 1 aliphatic heterocycles. The van der Waals surface area contributed by atoms with Gasteiger partial charge >= 0.3 is 0 Å². The summed E-state index contributed by atoms with van der Waals surface area (Å²) in [5.41, 5.74) is 5.39. The van der Waals surface area contributed by atoms with Gasteiger partial charge in [-0.1, -0.05) is 73.7 Å². The topological polar surface area (TPSA) is 45.7 Å². The third kappa shape index (κ3) is 4.97. The highest BCUT2D eigenvalue weighted by molar-refractivity contribution is 6.15. The Bertz CT molecular complexity index is 1290. The summed E-state index contributed by atoms with van der Waals surface area (Å²) in [6.45, 7) is 6.50. The van der Waals surface area contributed by atoms with Crippen LogP contribution in [-0.2, 0) is 11.3 Å². The molecule has 1 saturated heterocycles. The number of anilines is 1. The Hall–Kier alpha value is -3.54. The predicted molar refractivity (Wildman–Crippen MR) is 142 cm³/mol. The zero-order valence-corrected chi connectivity index (χ0v) is 20.2. The number of fused-ring (bicyclic) bond motifs is 1. The highest BCUT2D eigenvalue weighted by atomic mass is 16.5. The molecule has 1 aromatic heterocycles. The fourth-order valence-corrected chi connectivity index (χ4v) is 4.78. The van der Waals surface area contributed by atoms with Crippen LogP contribution in [-0.4, -0.2) is 48.6 Å². The van der Waals surface area contributed by atoms with Crippen molar-refractivity contribution in [3.63, 3.8) is 0 Å². The van der Waals surface area contributed by atoms with Crippen LogP contribution in [0.2, 0.25) is 0 Å². The molecule has 2 heterocycles. The lowest BCUT2D eigenvalue weighted by Gasteiger charge is -2.30. The molecule has 1 fully saturated rings. The van der Waals surface area contributed by atoms with E-state index in [1.165, 1.54) is 0 Å². The number of ether oxygens (including phenoxy) is 1. The van der Waals surface area contributed by atoms with Crippen LogP contribution >= 0.6 is 0 Å². The van der Waals surface area contributed by atoms with Gasteiger partial charge in [0.2, 0.25) is 0 Å². The van der Waals surface area contributed by atoms with Crippen LogP contribution < -0.4 is 4.90 Å². The first-order valence-electron chi connectivity index (χ1n) is 12.4. The van der Waals surface area contributed by atoms with E-state index < -0.39 is 0 Å². The monoisotopic (exact) mass is 465 g/mol. The summed E-state index contributed by atoms with van der Waals surface area (Å²) < 4.78 is 5.60. The summed E-state index contributed by atoms with van der Waals surface area (Å²) in [6.07, 6.45) is 0.869. The first-order valence-corrected chi connectivity index (χ1v) is 12.4. The second-order valence-electron chi connectivity index (χ2n) is 8.88. The molecule has 0 radical (unpaired) electrons.